The Morgan fingerprint density at radius 2 is 1.94 bits per heavy atom. The van der Waals surface area contributed by atoms with Crippen molar-refractivity contribution in [1.29, 1.82) is 0 Å². The molecular weight excluding hydrogens is 475 g/mol. The summed E-state index contributed by atoms with van der Waals surface area (Å²) in [5, 5.41) is 14.9. The number of carbonyl (C=O) groups is 1. The quantitative estimate of drug-likeness (QED) is 0.365. The average molecular weight is 497 g/mol. The van der Waals surface area contributed by atoms with Gasteiger partial charge in [-0.05, 0) is 44.0 Å². The lowest BCUT2D eigenvalue weighted by molar-refractivity contribution is -0.0536. The molecule has 5 N–H and O–H groups in total. The molecule has 0 saturated heterocycles. The maximum atomic E-state index is 14.4. The van der Waals surface area contributed by atoms with E-state index >= 15 is 0 Å². The molecule has 2 aromatic heterocycles. The number of nitrogens with two attached hydrogens (primary N) is 2. The summed E-state index contributed by atoms with van der Waals surface area (Å²) in [4.78, 5) is 16.7. The van der Waals surface area contributed by atoms with Gasteiger partial charge >= 0.3 is 6.61 Å². The first-order valence-corrected chi connectivity index (χ1v) is 11.1. The van der Waals surface area contributed by atoms with Crippen molar-refractivity contribution in [3.63, 3.8) is 0 Å². The van der Waals surface area contributed by atoms with E-state index in [9.17, 15) is 23.1 Å². The number of fused-ring (bicyclic) bond motifs is 1. The number of pyridine rings is 1. The minimum Gasteiger partial charge on any atom is -0.434 e. The lowest BCUT2D eigenvalue weighted by Crippen LogP contribution is -2.42. The maximum Gasteiger partial charge on any atom is 0.387 e. The number of hydrogen-bond acceptors (Lipinski definition) is 6. The third-order valence-corrected chi connectivity index (χ3v) is 6.30. The number of amides is 1. The molecule has 0 radical (unpaired) electrons. The molecule has 0 atom stereocenters. The van der Waals surface area contributed by atoms with Crippen molar-refractivity contribution in [2.45, 2.75) is 38.0 Å². The molecule has 186 valence electrons. The lowest BCUT2D eigenvalue weighted by Gasteiger charge is -2.41. The van der Waals surface area contributed by atoms with Crippen molar-refractivity contribution in [3.05, 3.63) is 59.9 Å². The summed E-state index contributed by atoms with van der Waals surface area (Å²) in [5.74, 6) is -1.50. The summed E-state index contributed by atoms with van der Waals surface area (Å²) in [6.07, 6.45) is 0.798. The topological polar surface area (TPSA) is 129 Å². The molecule has 4 aromatic rings. The van der Waals surface area contributed by atoms with Gasteiger partial charge in [-0.3, -0.25) is 4.79 Å². The van der Waals surface area contributed by atoms with Crippen molar-refractivity contribution in [2.24, 2.45) is 5.73 Å². The molecule has 1 aliphatic carbocycles. The second-order valence-electron chi connectivity index (χ2n) is 9.07. The van der Waals surface area contributed by atoms with E-state index in [1.54, 1.807) is 19.1 Å². The van der Waals surface area contributed by atoms with Crippen LogP contribution in [0.3, 0.4) is 0 Å². The van der Waals surface area contributed by atoms with Gasteiger partial charge in [0, 0.05) is 22.6 Å². The first-order valence-electron chi connectivity index (χ1n) is 11.1. The fraction of sp³-hybridized carbons (Fsp3) is 0.240. The number of nitrogen functional groups attached to an aromatic ring is 1. The average Bonchev–Trinajstić information content (AvgIpc) is 3.14. The Balaban J connectivity index is 1.67. The first kappa shape index (κ1) is 23.6. The van der Waals surface area contributed by atoms with E-state index < -0.39 is 23.9 Å². The van der Waals surface area contributed by atoms with Crippen LogP contribution < -0.4 is 16.2 Å². The smallest absolute Gasteiger partial charge is 0.387 e. The first-order chi connectivity index (χ1) is 17.0. The molecule has 1 fully saturated rings. The predicted molar refractivity (Wildman–Crippen MR) is 127 cm³/mol. The van der Waals surface area contributed by atoms with E-state index in [1.807, 2.05) is 0 Å². The number of hydrogen-bond donors (Lipinski definition) is 3. The number of ether oxygens (including phenoxy) is 1. The second-order valence-corrected chi connectivity index (χ2v) is 9.07. The Morgan fingerprint density at radius 1 is 1.22 bits per heavy atom. The van der Waals surface area contributed by atoms with Crippen LogP contribution in [-0.2, 0) is 0 Å². The standard InChI is InChI=1S/C25H22F3N5O3/c1-25(35)10-13(11-25)33-22(29)20(23(30)34)21(32-33)12-6-7-15-17(8-12)31-18(9-19(15)36-24(27)28)14-4-2-3-5-16(14)26/h2-9,13,24,35H,10-11,29H2,1H3,(H2,30,34). The molecule has 5 rings (SSSR count). The van der Waals surface area contributed by atoms with Crippen LogP contribution in [0.1, 0.15) is 36.2 Å². The molecule has 0 spiro atoms. The van der Waals surface area contributed by atoms with Gasteiger partial charge in [-0.2, -0.15) is 13.9 Å². The molecule has 2 aromatic carbocycles. The van der Waals surface area contributed by atoms with Crippen molar-refractivity contribution in [2.75, 3.05) is 5.73 Å². The Hall–Kier alpha value is -4.12. The van der Waals surface area contributed by atoms with E-state index in [0.717, 1.165) is 0 Å². The van der Waals surface area contributed by atoms with Crippen molar-refractivity contribution >= 4 is 22.6 Å². The summed E-state index contributed by atoms with van der Waals surface area (Å²) >= 11 is 0. The van der Waals surface area contributed by atoms with Crippen LogP contribution >= 0.6 is 0 Å². The summed E-state index contributed by atoms with van der Waals surface area (Å²) in [5.41, 5.74) is 11.9. The number of rotatable bonds is 6. The number of aliphatic hydroxyl groups is 1. The zero-order valence-electron chi connectivity index (χ0n) is 19.1. The molecule has 0 unspecified atom stereocenters. The number of anilines is 1. The minimum absolute atomic E-state index is 0.00444. The summed E-state index contributed by atoms with van der Waals surface area (Å²) in [6, 6.07) is 11.4. The van der Waals surface area contributed by atoms with E-state index in [4.69, 9.17) is 16.2 Å². The number of primary amides is 1. The second kappa shape index (κ2) is 8.52. The molecule has 1 aliphatic rings. The fourth-order valence-corrected chi connectivity index (χ4v) is 4.64. The van der Waals surface area contributed by atoms with E-state index in [2.05, 4.69) is 10.1 Å². The Bertz CT molecular complexity index is 1490. The highest BCUT2D eigenvalue weighted by atomic mass is 19.3. The Morgan fingerprint density at radius 3 is 2.58 bits per heavy atom. The van der Waals surface area contributed by atoms with Crippen LogP contribution in [0, 0.1) is 5.82 Å². The number of benzene rings is 2. The van der Waals surface area contributed by atoms with Gasteiger partial charge in [0.1, 0.15) is 28.6 Å². The number of nitrogens with zero attached hydrogens (tertiary/aromatic N) is 3. The van der Waals surface area contributed by atoms with E-state index in [-0.39, 0.29) is 51.0 Å². The maximum absolute atomic E-state index is 14.4. The van der Waals surface area contributed by atoms with Crippen molar-refractivity contribution in [3.8, 4) is 28.3 Å². The predicted octanol–water partition coefficient (Wildman–Crippen LogP) is 4.27. The SMILES string of the molecule is CC1(O)CC(n2nc(-c3ccc4c(OC(F)F)cc(-c5ccccc5F)nc4c3)c(C(N)=O)c2N)C1. The molecule has 8 nitrogen and oxygen atoms in total. The monoisotopic (exact) mass is 497 g/mol. The van der Waals surface area contributed by atoms with Gasteiger partial charge in [0.25, 0.3) is 5.91 Å². The molecule has 2 heterocycles. The van der Waals surface area contributed by atoms with E-state index in [1.165, 1.54) is 41.1 Å². The van der Waals surface area contributed by atoms with Gasteiger partial charge in [0.05, 0.1) is 22.9 Å². The highest BCUT2D eigenvalue weighted by molar-refractivity contribution is 6.04. The molecule has 0 bridgehead atoms. The van der Waals surface area contributed by atoms with Gasteiger partial charge in [-0.15, -0.1) is 0 Å². The minimum atomic E-state index is -3.11. The van der Waals surface area contributed by atoms with Crippen LogP contribution in [-0.4, -0.2) is 38.0 Å². The molecule has 1 amide bonds. The largest absolute Gasteiger partial charge is 0.434 e. The van der Waals surface area contributed by atoms with Gasteiger partial charge in [-0.25, -0.2) is 14.1 Å². The van der Waals surface area contributed by atoms with E-state index in [0.29, 0.717) is 18.4 Å². The van der Waals surface area contributed by atoms with Crippen LogP contribution in [0.4, 0.5) is 19.0 Å². The number of aromatic nitrogens is 3. The third-order valence-electron chi connectivity index (χ3n) is 6.30. The number of halogens is 3. The van der Waals surface area contributed by atoms with Gasteiger partial charge in [0.2, 0.25) is 0 Å². The number of carbonyl (C=O) groups excluding carboxylic acids is 1. The van der Waals surface area contributed by atoms with Crippen molar-refractivity contribution in [1.82, 2.24) is 14.8 Å². The summed E-state index contributed by atoms with van der Waals surface area (Å²) in [6.45, 7) is -1.42. The van der Waals surface area contributed by atoms with Gasteiger partial charge < -0.3 is 21.3 Å². The highest BCUT2D eigenvalue weighted by Crippen LogP contribution is 2.43. The third kappa shape index (κ3) is 4.11. The highest BCUT2D eigenvalue weighted by Gasteiger charge is 2.41. The normalized spacial score (nSPS) is 19.4. The lowest BCUT2D eigenvalue weighted by atomic mass is 9.77. The Kier molecular flexibility index (Phi) is 5.59. The van der Waals surface area contributed by atoms with Crippen LogP contribution in [0.15, 0.2) is 48.5 Å². The van der Waals surface area contributed by atoms with Crippen LogP contribution in [0.5, 0.6) is 5.75 Å². The molecule has 11 heteroatoms. The molecule has 0 aliphatic heterocycles. The van der Waals surface area contributed by atoms with Gasteiger partial charge in [0.15, 0.2) is 0 Å². The van der Waals surface area contributed by atoms with Gasteiger partial charge in [-0.1, -0.05) is 18.2 Å². The zero-order valence-corrected chi connectivity index (χ0v) is 19.1. The van der Waals surface area contributed by atoms with Crippen LogP contribution in [0.2, 0.25) is 0 Å². The Labute approximate surface area is 203 Å². The molecular formula is C25H22F3N5O3. The zero-order chi connectivity index (χ0) is 25.8. The summed E-state index contributed by atoms with van der Waals surface area (Å²) < 4.78 is 46.9. The number of alkyl halides is 2. The molecule has 36 heavy (non-hydrogen) atoms. The molecule has 1 saturated carbocycles. The van der Waals surface area contributed by atoms with Crippen LogP contribution in [0.25, 0.3) is 33.4 Å². The fourth-order valence-electron chi connectivity index (χ4n) is 4.64. The van der Waals surface area contributed by atoms with Crippen molar-refractivity contribution < 1.29 is 27.8 Å². The summed E-state index contributed by atoms with van der Waals surface area (Å²) in [7, 11) is 0.